The van der Waals surface area contributed by atoms with Gasteiger partial charge in [0.2, 0.25) is 5.89 Å². The van der Waals surface area contributed by atoms with Crippen molar-refractivity contribution in [3.05, 3.63) is 29.0 Å². The van der Waals surface area contributed by atoms with E-state index in [1.54, 1.807) is 7.11 Å². The van der Waals surface area contributed by atoms with Crippen molar-refractivity contribution in [1.82, 2.24) is 4.98 Å². The van der Waals surface area contributed by atoms with Crippen molar-refractivity contribution in [2.24, 2.45) is 0 Å². The van der Waals surface area contributed by atoms with Crippen LogP contribution in [0.4, 0.5) is 0 Å². The van der Waals surface area contributed by atoms with Crippen LogP contribution in [0.3, 0.4) is 0 Å². The summed E-state index contributed by atoms with van der Waals surface area (Å²) in [6, 6.07) is 3.70. The van der Waals surface area contributed by atoms with E-state index >= 15 is 0 Å². The Kier molecular flexibility index (Phi) is 3.55. The third kappa shape index (κ3) is 2.54. The van der Waals surface area contributed by atoms with Crippen LogP contribution in [0.25, 0.3) is 10.8 Å². The molecule has 0 atom stereocenters. The van der Waals surface area contributed by atoms with Gasteiger partial charge < -0.3 is 14.3 Å². The van der Waals surface area contributed by atoms with E-state index in [0.717, 1.165) is 4.88 Å². The third-order valence-electron chi connectivity index (χ3n) is 2.17. The Hall–Kier alpha value is -1.66. The zero-order chi connectivity index (χ0) is 12.3. The molecule has 0 aliphatic rings. The molecule has 90 valence electrons. The lowest BCUT2D eigenvalue weighted by Gasteiger charge is -1.95. The maximum Gasteiger partial charge on any atom is 0.358 e. The average molecular weight is 253 g/mol. The molecule has 0 aliphatic heterocycles. The topological polar surface area (TPSA) is 72.6 Å². The molecular formula is C11H11NO4S. The van der Waals surface area contributed by atoms with Gasteiger partial charge in [-0.3, -0.25) is 0 Å². The van der Waals surface area contributed by atoms with Crippen LogP contribution < -0.4 is 0 Å². The first-order valence-electron chi connectivity index (χ1n) is 4.98. The van der Waals surface area contributed by atoms with Crippen molar-refractivity contribution in [3.8, 4) is 10.8 Å². The van der Waals surface area contributed by atoms with E-state index in [0.29, 0.717) is 24.7 Å². The van der Waals surface area contributed by atoms with E-state index in [1.807, 2.05) is 17.5 Å². The average Bonchev–Trinajstić information content (AvgIpc) is 2.94. The maximum atomic E-state index is 11.0. The number of ether oxygens (including phenoxy) is 1. The molecule has 0 aliphatic carbocycles. The number of hydrogen-bond donors (Lipinski definition) is 1. The largest absolute Gasteiger partial charge is 0.476 e. The van der Waals surface area contributed by atoms with Crippen LogP contribution in [0.5, 0.6) is 0 Å². The van der Waals surface area contributed by atoms with Gasteiger partial charge in [0.05, 0.1) is 11.5 Å². The number of thiophene rings is 1. The van der Waals surface area contributed by atoms with Crippen LogP contribution in [-0.2, 0) is 11.2 Å². The van der Waals surface area contributed by atoms with Crippen LogP contribution in [0.2, 0.25) is 0 Å². The Morgan fingerprint density at radius 1 is 1.65 bits per heavy atom. The summed E-state index contributed by atoms with van der Waals surface area (Å²) in [6.07, 6.45) is 0.399. The Labute approximate surface area is 102 Å². The van der Waals surface area contributed by atoms with Crippen LogP contribution >= 0.6 is 11.3 Å². The Bertz CT molecular complexity index is 504. The van der Waals surface area contributed by atoms with E-state index in [9.17, 15) is 4.79 Å². The number of methoxy groups -OCH3 is 1. The van der Waals surface area contributed by atoms with Crippen molar-refractivity contribution in [2.45, 2.75) is 6.42 Å². The fourth-order valence-corrected chi connectivity index (χ4v) is 2.04. The molecule has 0 saturated carbocycles. The molecule has 0 aromatic carbocycles. The fourth-order valence-electron chi connectivity index (χ4n) is 1.39. The number of aromatic carboxylic acids is 1. The van der Waals surface area contributed by atoms with Crippen LogP contribution in [0, 0.1) is 0 Å². The number of carboxylic acids is 1. The van der Waals surface area contributed by atoms with Crippen LogP contribution in [0.15, 0.2) is 21.9 Å². The molecule has 0 saturated heterocycles. The summed E-state index contributed by atoms with van der Waals surface area (Å²) in [5.74, 6) is -0.381. The van der Waals surface area contributed by atoms with Crippen LogP contribution in [-0.4, -0.2) is 29.8 Å². The van der Waals surface area contributed by atoms with Gasteiger partial charge in [-0.15, -0.1) is 11.3 Å². The molecule has 17 heavy (non-hydrogen) atoms. The highest BCUT2D eigenvalue weighted by Gasteiger charge is 2.20. The predicted octanol–water partition coefficient (Wildman–Crippen LogP) is 2.29. The number of carbonyl (C=O) groups is 1. The summed E-state index contributed by atoms with van der Waals surface area (Å²) >= 11 is 1.45. The summed E-state index contributed by atoms with van der Waals surface area (Å²) in [5, 5.41) is 10.9. The first-order chi connectivity index (χ1) is 8.22. The van der Waals surface area contributed by atoms with Gasteiger partial charge in [0.1, 0.15) is 5.76 Å². The van der Waals surface area contributed by atoms with E-state index in [1.165, 1.54) is 11.3 Å². The molecule has 2 aromatic rings. The molecule has 1 N–H and O–H groups in total. The third-order valence-corrected chi connectivity index (χ3v) is 3.02. The molecule has 0 unspecified atom stereocenters. The van der Waals surface area contributed by atoms with Gasteiger partial charge in [0, 0.05) is 13.5 Å². The van der Waals surface area contributed by atoms with Crippen molar-refractivity contribution in [1.29, 1.82) is 0 Å². The van der Waals surface area contributed by atoms with Gasteiger partial charge in [0.25, 0.3) is 0 Å². The second-order valence-corrected chi connectivity index (χ2v) is 4.26. The lowest BCUT2D eigenvalue weighted by Crippen LogP contribution is -2.03. The molecule has 6 heteroatoms. The molecule has 0 spiro atoms. The van der Waals surface area contributed by atoms with Crippen molar-refractivity contribution in [2.75, 3.05) is 13.7 Å². The first-order valence-corrected chi connectivity index (χ1v) is 5.86. The Morgan fingerprint density at radius 3 is 3.06 bits per heavy atom. The second-order valence-electron chi connectivity index (χ2n) is 3.32. The van der Waals surface area contributed by atoms with Gasteiger partial charge in [-0.2, -0.15) is 0 Å². The highest BCUT2D eigenvalue weighted by molar-refractivity contribution is 7.13. The molecule has 2 rings (SSSR count). The molecular weight excluding hydrogens is 242 g/mol. The summed E-state index contributed by atoms with van der Waals surface area (Å²) < 4.78 is 10.4. The van der Waals surface area contributed by atoms with E-state index in [-0.39, 0.29) is 5.69 Å². The summed E-state index contributed by atoms with van der Waals surface area (Å²) in [5.41, 5.74) is -0.0366. The van der Waals surface area contributed by atoms with Crippen molar-refractivity contribution < 1.29 is 19.1 Å². The zero-order valence-corrected chi connectivity index (χ0v) is 9.99. The lowest BCUT2D eigenvalue weighted by atomic mass is 10.3. The van der Waals surface area contributed by atoms with Crippen molar-refractivity contribution >= 4 is 17.3 Å². The summed E-state index contributed by atoms with van der Waals surface area (Å²) in [6.45, 7) is 0.402. The van der Waals surface area contributed by atoms with Gasteiger partial charge in [-0.25, -0.2) is 9.78 Å². The van der Waals surface area contributed by atoms with Gasteiger partial charge >= 0.3 is 5.97 Å². The molecule has 0 fully saturated rings. The monoisotopic (exact) mass is 253 g/mol. The second kappa shape index (κ2) is 5.11. The molecule has 2 aromatic heterocycles. The normalized spacial score (nSPS) is 10.6. The SMILES string of the molecule is COCCc1oc(-c2cccs2)nc1C(=O)O. The Balaban J connectivity index is 2.34. The van der Waals surface area contributed by atoms with Crippen LogP contribution in [0.1, 0.15) is 16.2 Å². The first kappa shape index (κ1) is 11.8. The quantitative estimate of drug-likeness (QED) is 0.885. The number of aromatic nitrogens is 1. The maximum absolute atomic E-state index is 11.0. The van der Waals surface area contributed by atoms with E-state index in [4.69, 9.17) is 14.3 Å². The fraction of sp³-hybridized carbons (Fsp3) is 0.273. The number of nitrogens with zero attached hydrogens (tertiary/aromatic N) is 1. The number of hydrogen-bond acceptors (Lipinski definition) is 5. The minimum Gasteiger partial charge on any atom is -0.476 e. The molecule has 0 amide bonds. The van der Waals surface area contributed by atoms with Gasteiger partial charge in [-0.1, -0.05) is 6.07 Å². The molecule has 0 bridgehead atoms. The molecule has 2 heterocycles. The van der Waals surface area contributed by atoms with Gasteiger partial charge in [0.15, 0.2) is 5.69 Å². The van der Waals surface area contributed by atoms with Gasteiger partial charge in [-0.05, 0) is 11.4 Å². The smallest absolute Gasteiger partial charge is 0.358 e. The van der Waals surface area contributed by atoms with Crippen molar-refractivity contribution in [3.63, 3.8) is 0 Å². The highest BCUT2D eigenvalue weighted by atomic mass is 32.1. The minimum atomic E-state index is -1.08. The molecule has 5 nitrogen and oxygen atoms in total. The lowest BCUT2D eigenvalue weighted by molar-refractivity contribution is 0.0688. The number of rotatable bonds is 5. The number of carboxylic acid groups (broad SMARTS) is 1. The van der Waals surface area contributed by atoms with E-state index < -0.39 is 5.97 Å². The van der Waals surface area contributed by atoms with E-state index in [2.05, 4.69) is 4.98 Å². The summed E-state index contributed by atoms with van der Waals surface area (Å²) in [4.78, 5) is 15.8. The zero-order valence-electron chi connectivity index (χ0n) is 9.17. The number of oxazole rings is 1. The minimum absolute atomic E-state index is 0.0366. The standard InChI is InChI=1S/C11H11NO4S/c1-15-5-4-7-9(11(13)14)12-10(16-7)8-3-2-6-17-8/h2-3,6H,4-5H2,1H3,(H,13,14). The molecule has 0 radical (unpaired) electrons. The Morgan fingerprint density at radius 2 is 2.47 bits per heavy atom. The summed E-state index contributed by atoms with van der Waals surface area (Å²) in [7, 11) is 1.55. The highest BCUT2D eigenvalue weighted by Crippen LogP contribution is 2.26. The predicted molar refractivity (Wildman–Crippen MR) is 62.4 cm³/mol.